The van der Waals surface area contributed by atoms with Crippen LogP contribution in [0.1, 0.15) is 46.0 Å². The largest absolute Gasteiger partial charge is 0.469 e. The number of hydrogen-bond donors (Lipinski definition) is 0. The zero-order valence-electron chi connectivity index (χ0n) is 12.9. The van der Waals surface area contributed by atoms with E-state index in [9.17, 15) is 4.79 Å². The molecule has 0 amide bonds. The lowest BCUT2D eigenvalue weighted by atomic mass is 9.96. The Hall–Kier alpha value is -0.650. The third kappa shape index (κ3) is 3.93. The number of rotatable bonds is 5. The van der Waals surface area contributed by atoms with Crippen molar-refractivity contribution < 1.29 is 19.0 Å². The van der Waals surface area contributed by atoms with Gasteiger partial charge in [0, 0.05) is 12.5 Å². The molecule has 0 saturated carbocycles. The molecule has 20 heavy (non-hydrogen) atoms. The first-order chi connectivity index (χ1) is 9.56. The number of nitrogens with zero attached hydrogens (tertiary/aromatic N) is 1. The van der Waals surface area contributed by atoms with E-state index in [0.717, 1.165) is 13.0 Å². The van der Waals surface area contributed by atoms with E-state index in [4.69, 9.17) is 9.47 Å². The minimum atomic E-state index is -0.561. The van der Waals surface area contributed by atoms with Gasteiger partial charge in [-0.3, -0.25) is 4.79 Å². The highest BCUT2D eigenvalue weighted by Crippen LogP contribution is 2.33. The van der Waals surface area contributed by atoms with Crippen LogP contribution in [-0.2, 0) is 19.0 Å². The van der Waals surface area contributed by atoms with Crippen molar-refractivity contribution in [3.8, 4) is 0 Å². The van der Waals surface area contributed by atoms with Crippen LogP contribution in [0.2, 0.25) is 0 Å². The lowest BCUT2D eigenvalue weighted by molar-refractivity contribution is -0.173. The van der Waals surface area contributed by atoms with Crippen molar-refractivity contribution in [2.75, 3.05) is 26.8 Å². The van der Waals surface area contributed by atoms with Gasteiger partial charge in [0.05, 0.1) is 26.2 Å². The molecule has 2 aliphatic rings. The van der Waals surface area contributed by atoms with Crippen LogP contribution in [0.4, 0.5) is 0 Å². The fourth-order valence-electron chi connectivity index (χ4n) is 3.30. The summed E-state index contributed by atoms with van der Waals surface area (Å²) in [6.45, 7) is 6.92. The molecule has 2 heterocycles. The van der Waals surface area contributed by atoms with Crippen LogP contribution in [0.15, 0.2) is 0 Å². The van der Waals surface area contributed by atoms with Crippen LogP contribution < -0.4 is 0 Å². The summed E-state index contributed by atoms with van der Waals surface area (Å²) in [6, 6.07) is 0.524. The van der Waals surface area contributed by atoms with Gasteiger partial charge in [-0.05, 0) is 32.9 Å². The summed E-state index contributed by atoms with van der Waals surface area (Å²) < 4.78 is 16.5. The second kappa shape index (κ2) is 6.87. The van der Waals surface area contributed by atoms with Crippen molar-refractivity contribution >= 4 is 5.97 Å². The molecule has 0 spiro atoms. The summed E-state index contributed by atoms with van der Waals surface area (Å²) in [6.07, 6.45) is 4.74. The molecule has 0 aromatic heterocycles. The average Bonchev–Trinajstić information content (AvgIpc) is 2.80. The minimum Gasteiger partial charge on any atom is -0.469 e. The number of hydrogen-bond acceptors (Lipinski definition) is 5. The van der Waals surface area contributed by atoms with Gasteiger partial charge in [0.25, 0.3) is 0 Å². The van der Waals surface area contributed by atoms with Crippen LogP contribution in [-0.4, -0.2) is 55.6 Å². The summed E-state index contributed by atoms with van der Waals surface area (Å²) in [5, 5.41) is 0. The lowest BCUT2D eigenvalue weighted by Gasteiger charge is -2.38. The van der Waals surface area contributed by atoms with Gasteiger partial charge in [-0.1, -0.05) is 13.3 Å². The van der Waals surface area contributed by atoms with E-state index in [1.807, 2.05) is 6.92 Å². The van der Waals surface area contributed by atoms with E-state index >= 15 is 0 Å². The van der Waals surface area contributed by atoms with Crippen molar-refractivity contribution in [2.24, 2.45) is 0 Å². The zero-order chi connectivity index (χ0) is 14.6. The van der Waals surface area contributed by atoms with Crippen molar-refractivity contribution in [2.45, 2.75) is 63.9 Å². The first-order valence-electron chi connectivity index (χ1n) is 7.69. The van der Waals surface area contributed by atoms with E-state index < -0.39 is 5.79 Å². The Balaban J connectivity index is 1.87. The molecule has 0 aromatic rings. The Bertz CT molecular complexity index is 336. The third-order valence-corrected chi connectivity index (χ3v) is 4.37. The Morgan fingerprint density at radius 3 is 2.95 bits per heavy atom. The van der Waals surface area contributed by atoms with Crippen LogP contribution in [0.5, 0.6) is 0 Å². The van der Waals surface area contributed by atoms with Crippen LogP contribution in [0.3, 0.4) is 0 Å². The van der Waals surface area contributed by atoms with Crippen molar-refractivity contribution in [1.82, 2.24) is 4.90 Å². The molecule has 0 aliphatic carbocycles. The molecule has 5 heteroatoms. The maximum Gasteiger partial charge on any atom is 0.308 e. The number of carbonyl (C=O) groups is 1. The summed E-state index contributed by atoms with van der Waals surface area (Å²) >= 11 is 0. The minimum absolute atomic E-state index is 0.175. The van der Waals surface area contributed by atoms with Gasteiger partial charge in [-0.2, -0.15) is 0 Å². The molecule has 2 fully saturated rings. The summed E-state index contributed by atoms with van der Waals surface area (Å²) in [7, 11) is 1.40. The normalized spacial score (nSPS) is 35.1. The van der Waals surface area contributed by atoms with Crippen molar-refractivity contribution in [1.29, 1.82) is 0 Å². The van der Waals surface area contributed by atoms with E-state index in [0.29, 0.717) is 12.6 Å². The molecule has 0 aromatic carbocycles. The molecule has 2 rings (SSSR count). The quantitative estimate of drug-likeness (QED) is 0.723. The zero-order valence-corrected chi connectivity index (χ0v) is 12.9. The number of ether oxygens (including phenoxy) is 3. The predicted octanol–water partition coefficient (Wildman–Crippen LogP) is 1.95. The molecule has 3 atom stereocenters. The molecule has 5 nitrogen and oxygen atoms in total. The molecule has 2 saturated heterocycles. The van der Waals surface area contributed by atoms with Gasteiger partial charge in [-0.15, -0.1) is 0 Å². The number of carbonyl (C=O) groups excluding carboxylic acids is 1. The van der Waals surface area contributed by atoms with Gasteiger partial charge in [0.2, 0.25) is 0 Å². The Morgan fingerprint density at radius 1 is 1.45 bits per heavy atom. The van der Waals surface area contributed by atoms with Crippen LogP contribution >= 0.6 is 0 Å². The third-order valence-electron chi connectivity index (χ3n) is 4.37. The lowest BCUT2D eigenvalue weighted by Crippen LogP contribution is -2.44. The van der Waals surface area contributed by atoms with Gasteiger partial charge in [0.15, 0.2) is 5.79 Å². The summed E-state index contributed by atoms with van der Waals surface area (Å²) in [4.78, 5) is 13.8. The van der Waals surface area contributed by atoms with Gasteiger partial charge < -0.3 is 19.1 Å². The molecule has 0 N–H and O–H groups in total. The smallest absolute Gasteiger partial charge is 0.308 e. The number of esters is 1. The number of piperidine rings is 1. The van der Waals surface area contributed by atoms with E-state index in [-0.39, 0.29) is 18.5 Å². The van der Waals surface area contributed by atoms with E-state index in [2.05, 4.69) is 16.6 Å². The second-order valence-electron chi connectivity index (χ2n) is 5.95. The Morgan fingerprint density at radius 2 is 2.25 bits per heavy atom. The van der Waals surface area contributed by atoms with Crippen molar-refractivity contribution in [3.05, 3.63) is 0 Å². The molecular formula is C15H27NO4. The first kappa shape index (κ1) is 15.7. The SMILES string of the molecule is CCN1CCCCC1CC1(C)OCC(CC(=O)OC)O1. The maximum absolute atomic E-state index is 11.3. The molecule has 0 radical (unpaired) electrons. The van der Waals surface area contributed by atoms with E-state index in [1.165, 1.54) is 32.9 Å². The fourth-order valence-corrected chi connectivity index (χ4v) is 3.30. The highest BCUT2D eigenvalue weighted by molar-refractivity contribution is 5.69. The number of methoxy groups -OCH3 is 1. The Kier molecular flexibility index (Phi) is 5.41. The van der Waals surface area contributed by atoms with Crippen LogP contribution in [0.25, 0.3) is 0 Å². The summed E-state index contributed by atoms with van der Waals surface area (Å²) in [5.41, 5.74) is 0. The molecule has 3 unspecified atom stereocenters. The molecule has 116 valence electrons. The fraction of sp³-hybridized carbons (Fsp3) is 0.933. The monoisotopic (exact) mass is 285 g/mol. The van der Waals surface area contributed by atoms with Gasteiger partial charge in [-0.25, -0.2) is 0 Å². The van der Waals surface area contributed by atoms with Crippen molar-refractivity contribution in [3.63, 3.8) is 0 Å². The average molecular weight is 285 g/mol. The van der Waals surface area contributed by atoms with E-state index in [1.54, 1.807) is 0 Å². The molecular weight excluding hydrogens is 258 g/mol. The maximum atomic E-state index is 11.3. The van der Waals surface area contributed by atoms with Gasteiger partial charge >= 0.3 is 5.97 Å². The Labute approximate surface area is 121 Å². The summed E-state index contributed by atoms with van der Waals surface area (Å²) in [5.74, 6) is -0.801. The second-order valence-corrected chi connectivity index (χ2v) is 5.95. The molecule has 0 bridgehead atoms. The van der Waals surface area contributed by atoms with Gasteiger partial charge in [0.1, 0.15) is 0 Å². The predicted molar refractivity (Wildman–Crippen MR) is 75.4 cm³/mol. The topological polar surface area (TPSA) is 48.0 Å². The standard InChI is InChI=1S/C15H27NO4/c1-4-16-8-6-5-7-12(16)10-15(2)19-11-13(20-15)9-14(17)18-3/h12-13H,4-11H2,1-3H3. The first-order valence-corrected chi connectivity index (χ1v) is 7.69. The van der Waals surface area contributed by atoms with Crippen LogP contribution in [0, 0.1) is 0 Å². The highest BCUT2D eigenvalue weighted by Gasteiger charge is 2.41. The number of likely N-dealkylation sites (tertiary alicyclic amines) is 1. The highest BCUT2D eigenvalue weighted by atomic mass is 16.7. The molecule has 2 aliphatic heterocycles.